The number of nitrogens with one attached hydrogen (secondary N) is 2. The summed E-state index contributed by atoms with van der Waals surface area (Å²) in [5.41, 5.74) is 0.747. The number of carbonyl (C=O) groups excluding carboxylic acids is 2. The summed E-state index contributed by atoms with van der Waals surface area (Å²) in [6.07, 6.45) is 3.65. The summed E-state index contributed by atoms with van der Waals surface area (Å²) in [7, 11) is 3.94. The van der Waals surface area contributed by atoms with E-state index in [1.54, 1.807) is 12.1 Å². The molecule has 3 rings (SSSR count). The summed E-state index contributed by atoms with van der Waals surface area (Å²) in [6, 6.07) is 7.18. The highest BCUT2D eigenvalue weighted by molar-refractivity contribution is 6.32. The molecule has 2 fully saturated rings. The summed E-state index contributed by atoms with van der Waals surface area (Å²) >= 11 is 6.16. The van der Waals surface area contributed by atoms with E-state index in [1.165, 1.54) is 0 Å². The molecule has 1 heterocycles. The minimum atomic E-state index is -0.259. The number of ether oxygens (including phenoxy) is 1. The maximum atomic E-state index is 12.4. The maximum Gasteiger partial charge on any atom is 0.286 e. The van der Waals surface area contributed by atoms with Gasteiger partial charge in [-0.05, 0) is 51.1 Å². The molecule has 2 N–H and O–H groups in total. The molecule has 146 valence electrons. The normalized spacial score (nSPS) is 26.3. The number of amides is 2. The zero-order valence-electron chi connectivity index (χ0n) is 15.7. The molecular formula is C20H26ClN3O3. The largest absolute Gasteiger partial charge is 0.483 e. The second-order valence-electron chi connectivity index (χ2n) is 7.37. The Morgan fingerprint density at radius 2 is 2.15 bits per heavy atom. The van der Waals surface area contributed by atoms with Crippen molar-refractivity contribution in [1.82, 2.24) is 15.5 Å². The number of hydrogen-bond donors (Lipinski definition) is 2. The monoisotopic (exact) mass is 391 g/mol. The second kappa shape index (κ2) is 8.76. The van der Waals surface area contributed by atoms with Crippen LogP contribution in [0.5, 0.6) is 0 Å². The van der Waals surface area contributed by atoms with Crippen molar-refractivity contribution in [3.05, 3.63) is 40.6 Å². The van der Waals surface area contributed by atoms with E-state index >= 15 is 0 Å². The lowest BCUT2D eigenvalue weighted by Gasteiger charge is -2.39. The van der Waals surface area contributed by atoms with Gasteiger partial charge in [0.25, 0.3) is 5.91 Å². The minimum Gasteiger partial charge on any atom is -0.483 e. The van der Waals surface area contributed by atoms with Crippen molar-refractivity contribution in [3.8, 4) is 0 Å². The molecule has 3 atom stereocenters. The Bertz CT molecular complexity index is 735. The van der Waals surface area contributed by atoms with Gasteiger partial charge in [0.15, 0.2) is 5.76 Å². The average molecular weight is 392 g/mol. The molecule has 0 radical (unpaired) electrons. The van der Waals surface area contributed by atoms with Crippen LogP contribution in [0.25, 0.3) is 6.08 Å². The van der Waals surface area contributed by atoms with Crippen LogP contribution in [0.15, 0.2) is 30.0 Å². The number of morpholine rings is 1. The second-order valence-corrected chi connectivity index (χ2v) is 7.78. The summed E-state index contributed by atoms with van der Waals surface area (Å²) in [4.78, 5) is 26.8. The third-order valence-corrected chi connectivity index (χ3v) is 5.37. The van der Waals surface area contributed by atoms with Gasteiger partial charge >= 0.3 is 0 Å². The summed E-state index contributed by atoms with van der Waals surface area (Å²) < 4.78 is 5.95. The molecule has 0 bridgehead atoms. The van der Waals surface area contributed by atoms with Gasteiger partial charge in [-0.25, -0.2) is 0 Å². The Morgan fingerprint density at radius 1 is 1.37 bits per heavy atom. The molecule has 1 aliphatic carbocycles. The van der Waals surface area contributed by atoms with E-state index in [1.807, 2.05) is 37.2 Å². The van der Waals surface area contributed by atoms with Gasteiger partial charge < -0.3 is 20.3 Å². The number of halogens is 1. The lowest BCUT2D eigenvalue weighted by Crippen LogP contribution is -2.54. The molecule has 2 amide bonds. The van der Waals surface area contributed by atoms with Gasteiger partial charge in [0.2, 0.25) is 5.91 Å². The van der Waals surface area contributed by atoms with Gasteiger partial charge in [-0.2, -0.15) is 0 Å². The topological polar surface area (TPSA) is 70.7 Å². The molecule has 7 heteroatoms. The lowest BCUT2D eigenvalue weighted by molar-refractivity contribution is -0.134. The Balaban J connectivity index is 1.60. The number of rotatable bonds is 5. The number of hydrogen-bond acceptors (Lipinski definition) is 4. The van der Waals surface area contributed by atoms with Crippen molar-refractivity contribution in [2.45, 2.75) is 31.4 Å². The predicted molar refractivity (Wildman–Crippen MR) is 105 cm³/mol. The molecule has 3 unspecified atom stereocenters. The lowest BCUT2D eigenvalue weighted by atomic mass is 9.82. The molecule has 1 saturated carbocycles. The number of likely N-dealkylation sites (N-methyl/N-ethyl adjacent to an activating group) is 1. The first kappa shape index (κ1) is 19.7. The molecule has 27 heavy (non-hydrogen) atoms. The number of benzene rings is 1. The maximum absolute atomic E-state index is 12.4. The van der Waals surface area contributed by atoms with E-state index in [-0.39, 0.29) is 35.6 Å². The number of carbonyl (C=O) groups is 2. The molecule has 0 spiro atoms. The third kappa shape index (κ3) is 5.02. The molecule has 0 aromatic heterocycles. The number of nitrogens with zero attached hydrogens (tertiary/aromatic N) is 1. The van der Waals surface area contributed by atoms with Crippen LogP contribution in [0, 0.1) is 5.92 Å². The fourth-order valence-corrected chi connectivity index (χ4v) is 3.70. The first-order valence-electron chi connectivity index (χ1n) is 9.30. The Kier molecular flexibility index (Phi) is 6.39. The van der Waals surface area contributed by atoms with Crippen molar-refractivity contribution in [3.63, 3.8) is 0 Å². The van der Waals surface area contributed by atoms with Gasteiger partial charge in [-0.1, -0.05) is 29.8 Å². The zero-order chi connectivity index (χ0) is 19.4. The molecule has 1 aliphatic heterocycles. The van der Waals surface area contributed by atoms with E-state index in [0.717, 1.165) is 24.9 Å². The smallest absolute Gasteiger partial charge is 0.286 e. The molecule has 1 aromatic rings. The Morgan fingerprint density at radius 3 is 2.89 bits per heavy atom. The first-order chi connectivity index (χ1) is 12.9. The SMILES string of the molecule is CN(C)CCNC(=O)C1CCC2O/C(=C\c3ccccc3Cl)C(=O)NC2C1. The van der Waals surface area contributed by atoms with E-state index in [2.05, 4.69) is 10.6 Å². The van der Waals surface area contributed by atoms with E-state index in [9.17, 15) is 9.59 Å². The molecule has 2 aliphatic rings. The van der Waals surface area contributed by atoms with E-state index in [4.69, 9.17) is 16.3 Å². The highest BCUT2D eigenvalue weighted by Gasteiger charge is 2.40. The van der Waals surface area contributed by atoms with Crippen LogP contribution >= 0.6 is 11.6 Å². The van der Waals surface area contributed by atoms with Gasteiger partial charge in [0.1, 0.15) is 6.10 Å². The van der Waals surface area contributed by atoms with E-state index < -0.39 is 0 Å². The van der Waals surface area contributed by atoms with Crippen molar-refractivity contribution in [2.24, 2.45) is 5.92 Å². The van der Waals surface area contributed by atoms with Gasteiger partial charge in [-0.3, -0.25) is 9.59 Å². The van der Waals surface area contributed by atoms with Gasteiger partial charge in [-0.15, -0.1) is 0 Å². The van der Waals surface area contributed by atoms with Crippen molar-refractivity contribution < 1.29 is 14.3 Å². The van der Waals surface area contributed by atoms with Crippen LogP contribution in [0.3, 0.4) is 0 Å². The van der Waals surface area contributed by atoms with Crippen molar-refractivity contribution in [2.75, 3.05) is 27.2 Å². The molecular weight excluding hydrogens is 366 g/mol. The van der Waals surface area contributed by atoms with Crippen molar-refractivity contribution >= 4 is 29.5 Å². The summed E-state index contributed by atoms with van der Waals surface area (Å²) in [5.74, 6) is -0.0172. The standard InChI is InChI=1S/C20H26ClN3O3/c1-24(2)10-9-22-19(25)14-7-8-17-16(11-14)23-20(26)18(27-17)12-13-5-3-4-6-15(13)21/h3-6,12,14,16-17H,7-11H2,1-2H3,(H,22,25)(H,23,26)/b18-12-. The molecule has 1 aromatic carbocycles. The van der Waals surface area contributed by atoms with E-state index in [0.29, 0.717) is 18.0 Å². The highest BCUT2D eigenvalue weighted by atomic mass is 35.5. The van der Waals surface area contributed by atoms with Gasteiger partial charge in [0, 0.05) is 24.0 Å². The average Bonchev–Trinajstić information content (AvgIpc) is 2.63. The Labute approximate surface area is 164 Å². The fourth-order valence-electron chi connectivity index (χ4n) is 3.51. The molecule has 6 nitrogen and oxygen atoms in total. The summed E-state index contributed by atoms with van der Waals surface area (Å²) in [5, 5.41) is 6.55. The minimum absolute atomic E-state index is 0.0574. The van der Waals surface area contributed by atoms with Crippen LogP contribution in [-0.2, 0) is 14.3 Å². The zero-order valence-corrected chi connectivity index (χ0v) is 16.5. The van der Waals surface area contributed by atoms with Crippen molar-refractivity contribution in [1.29, 1.82) is 0 Å². The molecule has 1 saturated heterocycles. The van der Waals surface area contributed by atoms with Crippen LogP contribution in [0.1, 0.15) is 24.8 Å². The summed E-state index contributed by atoms with van der Waals surface area (Å²) in [6.45, 7) is 1.44. The third-order valence-electron chi connectivity index (χ3n) is 5.03. The highest BCUT2D eigenvalue weighted by Crippen LogP contribution is 2.32. The number of fused-ring (bicyclic) bond motifs is 1. The van der Waals surface area contributed by atoms with Crippen LogP contribution in [0.2, 0.25) is 5.02 Å². The van der Waals surface area contributed by atoms with Gasteiger partial charge in [0.05, 0.1) is 6.04 Å². The first-order valence-corrected chi connectivity index (χ1v) is 9.68. The van der Waals surface area contributed by atoms with Crippen LogP contribution in [0.4, 0.5) is 0 Å². The van der Waals surface area contributed by atoms with Crippen LogP contribution in [-0.4, -0.2) is 56.0 Å². The van der Waals surface area contributed by atoms with Crippen LogP contribution < -0.4 is 10.6 Å². The fraction of sp³-hybridized carbons (Fsp3) is 0.500. The predicted octanol–water partition coefficient (Wildman–Crippen LogP) is 2.04. The Hall–Kier alpha value is -2.05. The quantitative estimate of drug-likeness (QED) is 0.753.